The molecular weight excluding hydrogens is 250 g/mol. The maximum absolute atomic E-state index is 12.7. The van der Waals surface area contributed by atoms with Gasteiger partial charge in [0.1, 0.15) is 11.8 Å². The van der Waals surface area contributed by atoms with Gasteiger partial charge in [0.05, 0.1) is 0 Å². The van der Waals surface area contributed by atoms with Crippen LogP contribution in [0.25, 0.3) is 0 Å². The molecule has 4 heteroatoms. The second-order valence-corrected chi connectivity index (χ2v) is 4.90. The van der Waals surface area contributed by atoms with Gasteiger partial charge < -0.3 is 4.90 Å². The standard InChI is InChI=1S/C16H13N3O/c1-11-8-12-4-2-3-5-15(12)19(11)16(20)13-6-7-18-14(9-13)10-17/h2-7,9,11H,8H2,1H3. The van der Waals surface area contributed by atoms with Gasteiger partial charge in [-0.3, -0.25) is 4.79 Å². The molecule has 1 aromatic carbocycles. The maximum atomic E-state index is 12.7. The van der Waals surface area contributed by atoms with Gasteiger partial charge in [0.25, 0.3) is 5.91 Å². The molecule has 98 valence electrons. The Morgan fingerprint density at radius 2 is 2.20 bits per heavy atom. The number of nitrogens with zero attached hydrogens (tertiary/aromatic N) is 3. The molecule has 0 radical (unpaired) electrons. The third-order valence-corrected chi connectivity index (χ3v) is 3.55. The first-order valence-electron chi connectivity index (χ1n) is 6.48. The molecule has 0 N–H and O–H groups in total. The van der Waals surface area contributed by atoms with Gasteiger partial charge in [-0.15, -0.1) is 0 Å². The van der Waals surface area contributed by atoms with Gasteiger partial charge in [-0.2, -0.15) is 5.26 Å². The van der Waals surface area contributed by atoms with Crippen molar-refractivity contribution in [2.75, 3.05) is 4.90 Å². The summed E-state index contributed by atoms with van der Waals surface area (Å²) in [5, 5.41) is 8.88. The average Bonchev–Trinajstić information content (AvgIpc) is 2.82. The van der Waals surface area contributed by atoms with E-state index in [0.29, 0.717) is 5.56 Å². The van der Waals surface area contributed by atoms with Crippen LogP contribution in [-0.4, -0.2) is 16.9 Å². The van der Waals surface area contributed by atoms with Crippen LogP contribution in [-0.2, 0) is 6.42 Å². The predicted octanol–water partition coefficient (Wildman–Crippen LogP) is 2.54. The summed E-state index contributed by atoms with van der Waals surface area (Å²) >= 11 is 0. The first-order chi connectivity index (χ1) is 9.70. The summed E-state index contributed by atoms with van der Waals surface area (Å²) < 4.78 is 0. The zero-order chi connectivity index (χ0) is 14.1. The topological polar surface area (TPSA) is 57.0 Å². The van der Waals surface area contributed by atoms with Crippen molar-refractivity contribution >= 4 is 11.6 Å². The van der Waals surface area contributed by atoms with E-state index in [1.54, 1.807) is 11.0 Å². The summed E-state index contributed by atoms with van der Waals surface area (Å²) in [6.07, 6.45) is 2.36. The van der Waals surface area contributed by atoms with Gasteiger partial charge in [-0.1, -0.05) is 18.2 Å². The van der Waals surface area contributed by atoms with E-state index in [9.17, 15) is 4.79 Å². The van der Waals surface area contributed by atoms with Crippen molar-refractivity contribution in [2.24, 2.45) is 0 Å². The average molecular weight is 263 g/mol. The number of aromatic nitrogens is 1. The number of para-hydroxylation sites is 1. The van der Waals surface area contributed by atoms with Gasteiger partial charge in [0.15, 0.2) is 0 Å². The summed E-state index contributed by atoms with van der Waals surface area (Å²) in [7, 11) is 0. The number of hydrogen-bond donors (Lipinski definition) is 0. The van der Waals surface area contributed by atoms with Crippen LogP contribution >= 0.6 is 0 Å². The Hall–Kier alpha value is -2.67. The van der Waals surface area contributed by atoms with E-state index in [1.165, 1.54) is 17.8 Å². The molecular formula is C16H13N3O. The van der Waals surface area contributed by atoms with E-state index in [4.69, 9.17) is 5.26 Å². The van der Waals surface area contributed by atoms with E-state index < -0.39 is 0 Å². The van der Waals surface area contributed by atoms with Crippen LogP contribution in [0.3, 0.4) is 0 Å². The number of carbonyl (C=O) groups excluding carboxylic acids is 1. The van der Waals surface area contributed by atoms with Crippen LogP contribution in [0.4, 0.5) is 5.69 Å². The van der Waals surface area contributed by atoms with Crippen molar-refractivity contribution in [1.82, 2.24) is 4.98 Å². The number of pyridine rings is 1. The lowest BCUT2D eigenvalue weighted by Crippen LogP contribution is -2.35. The Morgan fingerprint density at radius 1 is 1.40 bits per heavy atom. The van der Waals surface area contributed by atoms with Crippen molar-refractivity contribution in [1.29, 1.82) is 5.26 Å². The third kappa shape index (κ3) is 1.94. The number of anilines is 1. The first-order valence-corrected chi connectivity index (χ1v) is 6.48. The van der Waals surface area contributed by atoms with Crippen LogP contribution in [0.5, 0.6) is 0 Å². The second-order valence-electron chi connectivity index (χ2n) is 4.90. The number of benzene rings is 1. The first kappa shape index (κ1) is 12.4. The number of hydrogen-bond acceptors (Lipinski definition) is 3. The quantitative estimate of drug-likeness (QED) is 0.794. The fourth-order valence-electron chi connectivity index (χ4n) is 2.64. The largest absolute Gasteiger partial charge is 0.305 e. The van der Waals surface area contributed by atoms with Crippen LogP contribution in [0.2, 0.25) is 0 Å². The van der Waals surface area contributed by atoms with Crippen LogP contribution in [0.15, 0.2) is 42.6 Å². The van der Waals surface area contributed by atoms with Crippen molar-refractivity contribution in [2.45, 2.75) is 19.4 Å². The number of fused-ring (bicyclic) bond motifs is 1. The molecule has 0 bridgehead atoms. The van der Waals surface area contributed by atoms with Crippen LogP contribution < -0.4 is 4.90 Å². The highest BCUT2D eigenvalue weighted by Gasteiger charge is 2.31. The monoisotopic (exact) mass is 263 g/mol. The van der Waals surface area contributed by atoms with Crippen LogP contribution in [0.1, 0.15) is 28.5 Å². The zero-order valence-electron chi connectivity index (χ0n) is 11.1. The van der Waals surface area contributed by atoms with E-state index in [-0.39, 0.29) is 17.6 Å². The zero-order valence-corrected chi connectivity index (χ0v) is 11.1. The van der Waals surface area contributed by atoms with Gasteiger partial charge in [0, 0.05) is 23.5 Å². The molecule has 1 aromatic heterocycles. The highest BCUT2D eigenvalue weighted by Crippen LogP contribution is 2.32. The number of nitriles is 1. The lowest BCUT2D eigenvalue weighted by Gasteiger charge is -2.22. The Kier molecular flexibility index (Phi) is 2.96. The Balaban J connectivity index is 2.01. The van der Waals surface area contributed by atoms with Gasteiger partial charge >= 0.3 is 0 Å². The van der Waals surface area contributed by atoms with Gasteiger partial charge in [-0.05, 0) is 37.1 Å². The fraction of sp³-hybridized carbons (Fsp3) is 0.188. The molecule has 3 rings (SSSR count). The summed E-state index contributed by atoms with van der Waals surface area (Å²) in [5.74, 6) is -0.0821. The van der Waals surface area contributed by atoms with E-state index in [1.807, 2.05) is 37.3 Å². The molecule has 0 fully saturated rings. The molecule has 1 aliphatic heterocycles. The van der Waals surface area contributed by atoms with Crippen LogP contribution in [0, 0.1) is 11.3 Å². The summed E-state index contributed by atoms with van der Waals surface area (Å²) in [6.45, 7) is 2.03. The predicted molar refractivity (Wildman–Crippen MR) is 75.4 cm³/mol. The molecule has 2 heterocycles. The minimum absolute atomic E-state index is 0.0821. The molecule has 20 heavy (non-hydrogen) atoms. The second kappa shape index (κ2) is 4.78. The molecule has 0 spiro atoms. The van der Waals surface area contributed by atoms with Gasteiger partial charge in [-0.25, -0.2) is 4.98 Å². The highest BCUT2D eigenvalue weighted by atomic mass is 16.2. The maximum Gasteiger partial charge on any atom is 0.258 e. The fourth-order valence-corrected chi connectivity index (χ4v) is 2.64. The summed E-state index contributed by atoms with van der Waals surface area (Å²) in [5.41, 5.74) is 2.90. The minimum atomic E-state index is -0.0821. The van der Waals surface area contributed by atoms with Gasteiger partial charge in [0.2, 0.25) is 0 Å². The van der Waals surface area contributed by atoms with Crippen molar-refractivity contribution in [3.8, 4) is 6.07 Å². The Bertz CT molecular complexity index is 718. The van der Waals surface area contributed by atoms with Crippen molar-refractivity contribution in [3.63, 3.8) is 0 Å². The molecule has 1 unspecified atom stereocenters. The third-order valence-electron chi connectivity index (χ3n) is 3.55. The molecule has 1 atom stereocenters. The van der Waals surface area contributed by atoms with Crippen molar-refractivity contribution < 1.29 is 4.79 Å². The molecule has 0 aliphatic carbocycles. The van der Waals surface area contributed by atoms with E-state index in [2.05, 4.69) is 4.98 Å². The lowest BCUT2D eigenvalue weighted by molar-refractivity contribution is 0.0981. The number of amides is 1. The minimum Gasteiger partial charge on any atom is -0.305 e. The molecule has 0 saturated heterocycles. The molecule has 2 aromatic rings. The lowest BCUT2D eigenvalue weighted by atomic mass is 10.1. The molecule has 0 saturated carbocycles. The van der Waals surface area contributed by atoms with E-state index in [0.717, 1.165) is 12.1 Å². The normalized spacial score (nSPS) is 16.6. The molecule has 4 nitrogen and oxygen atoms in total. The Labute approximate surface area is 117 Å². The number of rotatable bonds is 1. The summed E-state index contributed by atoms with van der Waals surface area (Å²) in [4.78, 5) is 18.4. The molecule has 1 aliphatic rings. The number of carbonyl (C=O) groups is 1. The van der Waals surface area contributed by atoms with E-state index >= 15 is 0 Å². The Morgan fingerprint density at radius 3 is 3.00 bits per heavy atom. The highest BCUT2D eigenvalue weighted by molar-refractivity contribution is 6.07. The SMILES string of the molecule is CC1Cc2ccccc2N1C(=O)c1ccnc(C#N)c1. The smallest absolute Gasteiger partial charge is 0.258 e. The van der Waals surface area contributed by atoms with Crippen molar-refractivity contribution in [3.05, 3.63) is 59.4 Å². The summed E-state index contributed by atoms with van der Waals surface area (Å²) in [6, 6.07) is 13.2. The molecule has 1 amide bonds.